The molecule has 0 aliphatic carbocycles. The van der Waals surface area contributed by atoms with Crippen LogP contribution in [0.25, 0.3) is 0 Å². The van der Waals surface area contributed by atoms with Crippen molar-refractivity contribution < 1.29 is 9.18 Å². The lowest BCUT2D eigenvalue weighted by atomic mass is 9.81. The molecule has 0 aliphatic rings. The fraction of sp³-hybridized carbons (Fsp3) is 0.533. The van der Waals surface area contributed by atoms with Crippen molar-refractivity contribution in [2.75, 3.05) is 18.9 Å². The summed E-state index contributed by atoms with van der Waals surface area (Å²) in [5.41, 5.74) is 0.576. The van der Waals surface area contributed by atoms with Gasteiger partial charge in [0.25, 0.3) is 5.91 Å². The van der Waals surface area contributed by atoms with Crippen LogP contribution in [0.1, 0.15) is 38.1 Å². The lowest BCUT2D eigenvalue weighted by molar-refractivity contribution is 0.0925. The number of rotatable bonds is 5. The molecule has 19 heavy (non-hydrogen) atoms. The van der Waals surface area contributed by atoms with Crippen LogP contribution in [0.5, 0.6) is 0 Å². The van der Waals surface area contributed by atoms with Gasteiger partial charge in [-0.25, -0.2) is 4.39 Å². The zero-order valence-electron chi connectivity index (χ0n) is 12.3. The van der Waals surface area contributed by atoms with Gasteiger partial charge in [0, 0.05) is 13.6 Å². The molecule has 4 heteroatoms. The molecule has 0 unspecified atom stereocenters. The summed E-state index contributed by atoms with van der Waals surface area (Å²) < 4.78 is 13.6. The van der Waals surface area contributed by atoms with Gasteiger partial charge in [0.2, 0.25) is 0 Å². The van der Waals surface area contributed by atoms with Crippen molar-refractivity contribution in [2.24, 2.45) is 11.3 Å². The molecule has 1 amide bonds. The quantitative estimate of drug-likeness (QED) is 0.858. The fourth-order valence-electron chi connectivity index (χ4n) is 1.57. The van der Waals surface area contributed by atoms with Crippen LogP contribution in [0.3, 0.4) is 0 Å². The molecule has 106 valence electrons. The van der Waals surface area contributed by atoms with E-state index < -0.39 is 5.82 Å². The van der Waals surface area contributed by atoms with Crippen molar-refractivity contribution in [1.82, 2.24) is 5.32 Å². The number of benzene rings is 1. The molecular weight excluding hydrogens is 243 g/mol. The Morgan fingerprint density at radius 2 is 2.00 bits per heavy atom. The van der Waals surface area contributed by atoms with Crippen molar-refractivity contribution in [1.29, 1.82) is 0 Å². The van der Waals surface area contributed by atoms with E-state index in [9.17, 15) is 9.18 Å². The fourth-order valence-corrected chi connectivity index (χ4v) is 1.57. The number of carbonyl (C=O) groups excluding carboxylic acids is 1. The van der Waals surface area contributed by atoms with Crippen LogP contribution < -0.4 is 10.6 Å². The average Bonchev–Trinajstić information content (AvgIpc) is 2.35. The van der Waals surface area contributed by atoms with Crippen molar-refractivity contribution >= 4 is 11.6 Å². The molecule has 0 bridgehead atoms. The SMILES string of the molecule is CNc1c(F)cccc1C(=O)NCC(C)(C)C(C)C. The summed E-state index contributed by atoms with van der Waals surface area (Å²) in [5.74, 6) is -0.222. The van der Waals surface area contributed by atoms with E-state index in [-0.39, 0.29) is 17.0 Å². The Bertz CT molecular complexity index is 455. The third kappa shape index (κ3) is 3.69. The van der Waals surface area contributed by atoms with Crippen molar-refractivity contribution in [3.63, 3.8) is 0 Å². The van der Waals surface area contributed by atoms with Crippen LogP contribution in [-0.2, 0) is 0 Å². The molecule has 0 radical (unpaired) electrons. The Labute approximate surface area is 114 Å². The minimum atomic E-state index is -0.418. The number of carbonyl (C=O) groups is 1. The van der Waals surface area contributed by atoms with Gasteiger partial charge in [-0.15, -0.1) is 0 Å². The lowest BCUT2D eigenvalue weighted by Gasteiger charge is -2.29. The molecular formula is C15H23FN2O. The monoisotopic (exact) mass is 266 g/mol. The molecule has 1 aromatic rings. The van der Waals surface area contributed by atoms with Crippen LogP contribution in [0.4, 0.5) is 10.1 Å². The van der Waals surface area contributed by atoms with Gasteiger partial charge in [0.15, 0.2) is 0 Å². The molecule has 0 spiro atoms. The van der Waals surface area contributed by atoms with Gasteiger partial charge in [0.1, 0.15) is 5.82 Å². The number of amides is 1. The molecule has 1 rings (SSSR count). The van der Waals surface area contributed by atoms with Gasteiger partial charge < -0.3 is 10.6 Å². The highest BCUT2D eigenvalue weighted by atomic mass is 19.1. The van der Waals surface area contributed by atoms with E-state index in [1.54, 1.807) is 19.2 Å². The highest BCUT2D eigenvalue weighted by Gasteiger charge is 2.24. The number of nitrogens with one attached hydrogen (secondary N) is 2. The predicted molar refractivity (Wildman–Crippen MR) is 76.9 cm³/mol. The molecule has 0 atom stereocenters. The summed E-state index contributed by atoms with van der Waals surface area (Å²) in [4.78, 5) is 12.1. The number of anilines is 1. The Morgan fingerprint density at radius 3 is 2.53 bits per heavy atom. The highest BCUT2D eigenvalue weighted by Crippen LogP contribution is 2.25. The third-order valence-corrected chi connectivity index (χ3v) is 3.78. The van der Waals surface area contributed by atoms with Crippen molar-refractivity contribution in [3.05, 3.63) is 29.6 Å². The molecule has 0 aromatic heterocycles. The van der Waals surface area contributed by atoms with Crippen LogP contribution >= 0.6 is 0 Å². The minimum absolute atomic E-state index is 0.00277. The zero-order chi connectivity index (χ0) is 14.6. The molecule has 0 aliphatic heterocycles. The van der Waals surface area contributed by atoms with E-state index in [1.165, 1.54) is 6.07 Å². The normalized spacial score (nSPS) is 11.5. The van der Waals surface area contributed by atoms with E-state index in [0.717, 1.165) is 0 Å². The van der Waals surface area contributed by atoms with Crippen molar-refractivity contribution in [2.45, 2.75) is 27.7 Å². The molecule has 1 aromatic carbocycles. The molecule has 0 heterocycles. The first-order valence-electron chi connectivity index (χ1n) is 6.54. The van der Waals surface area contributed by atoms with Gasteiger partial charge in [-0.05, 0) is 23.5 Å². The predicted octanol–water partition coefficient (Wildman–Crippen LogP) is 3.28. The van der Waals surface area contributed by atoms with E-state index >= 15 is 0 Å². The number of hydrogen-bond donors (Lipinski definition) is 2. The van der Waals surface area contributed by atoms with Gasteiger partial charge in [-0.1, -0.05) is 33.8 Å². The summed E-state index contributed by atoms with van der Waals surface area (Å²) in [7, 11) is 1.60. The van der Waals surface area contributed by atoms with Crippen LogP contribution in [-0.4, -0.2) is 19.5 Å². The lowest BCUT2D eigenvalue weighted by Crippen LogP contribution is -2.37. The Balaban J connectivity index is 2.83. The van der Waals surface area contributed by atoms with Crippen LogP contribution in [0.15, 0.2) is 18.2 Å². The maximum Gasteiger partial charge on any atom is 0.253 e. The van der Waals surface area contributed by atoms with E-state index in [1.807, 2.05) is 0 Å². The molecule has 0 saturated carbocycles. The Kier molecular flexibility index (Phi) is 4.92. The molecule has 0 fully saturated rings. The second-order valence-electron chi connectivity index (χ2n) is 5.74. The largest absolute Gasteiger partial charge is 0.385 e. The van der Waals surface area contributed by atoms with E-state index in [0.29, 0.717) is 18.0 Å². The topological polar surface area (TPSA) is 41.1 Å². The molecule has 2 N–H and O–H groups in total. The molecule has 0 saturated heterocycles. The highest BCUT2D eigenvalue weighted by molar-refractivity contribution is 5.99. The van der Waals surface area contributed by atoms with Crippen LogP contribution in [0, 0.1) is 17.2 Å². The first-order valence-corrected chi connectivity index (χ1v) is 6.54. The Hall–Kier alpha value is -1.58. The summed E-state index contributed by atoms with van der Waals surface area (Å²) in [6.45, 7) is 8.99. The maximum absolute atomic E-state index is 13.6. The minimum Gasteiger partial charge on any atom is -0.385 e. The second-order valence-corrected chi connectivity index (χ2v) is 5.74. The van der Waals surface area contributed by atoms with Gasteiger partial charge >= 0.3 is 0 Å². The smallest absolute Gasteiger partial charge is 0.253 e. The first kappa shape index (κ1) is 15.5. The van der Waals surface area contributed by atoms with E-state index in [4.69, 9.17) is 0 Å². The van der Waals surface area contributed by atoms with Gasteiger partial charge in [-0.2, -0.15) is 0 Å². The summed E-state index contributed by atoms with van der Waals surface area (Å²) in [6, 6.07) is 4.49. The summed E-state index contributed by atoms with van der Waals surface area (Å²) in [6.07, 6.45) is 0. The third-order valence-electron chi connectivity index (χ3n) is 3.78. The molecule has 3 nitrogen and oxygen atoms in total. The Morgan fingerprint density at radius 1 is 1.37 bits per heavy atom. The van der Waals surface area contributed by atoms with Crippen LogP contribution in [0.2, 0.25) is 0 Å². The average molecular weight is 266 g/mol. The standard InChI is InChI=1S/C15H23FN2O/c1-10(2)15(3,4)9-18-14(19)11-7-6-8-12(16)13(11)17-5/h6-8,10,17H,9H2,1-5H3,(H,18,19). The number of halogens is 1. The van der Waals surface area contributed by atoms with Gasteiger partial charge in [0.05, 0.1) is 11.3 Å². The van der Waals surface area contributed by atoms with E-state index in [2.05, 4.69) is 38.3 Å². The second kappa shape index (κ2) is 6.04. The number of hydrogen-bond acceptors (Lipinski definition) is 2. The first-order chi connectivity index (χ1) is 8.79. The summed E-state index contributed by atoms with van der Waals surface area (Å²) in [5, 5.41) is 5.61. The van der Waals surface area contributed by atoms with Gasteiger partial charge in [-0.3, -0.25) is 4.79 Å². The zero-order valence-corrected chi connectivity index (χ0v) is 12.3. The maximum atomic E-state index is 13.6. The summed E-state index contributed by atoms with van der Waals surface area (Å²) >= 11 is 0. The number of para-hydroxylation sites is 1. The van der Waals surface area contributed by atoms with Crippen molar-refractivity contribution in [3.8, 4) is 0 Å².